The van der Waals surface area contributed by atoms with Gasteiger partial charge < -0.3 is 0 Å². The van der Waals surface area contributed by atoms with Gasteiger partial charge in [0.2, 0.25) is 0 Å². The van der Waals surface area contributed by atoms with Crippen LogP contribution in [0.3, 0.4) is 0 Å². The van der Waals surface area contributed by atoms with E-state index in [9.17, 15) is 8.42 Å². The summed E-state index contributed by atoms with van der Waals surface area (Å²) in [4.78, 5) is 0. The van der Waals surface area contributed by atoms with Gasteiger partial charge in [0.1, 0.15) is 0 Å². The summed E-state index contributed by atoms with van der Waals surface area (Å²) in [6.45, 7) is 0.197. The molecule has 0 aromatic heterocycles. The van der Waals surface area contributed by atoms with Gasteiger partial charge in [-0.05, 0) is 0 Å². The van der Waals surface area contributed by atoms with Crippen molar-refractivity contribution in [3.8, 4) is 0 Å². The molecule has 1 aliphatic rings. The summed E-state index contributed by atoms with van der Waals surface area (Å²) in [6.07, 6.45) is 3.26. The molecule has 3 nitrogen and oxygen atoms in total. The van der Waals surface area contributed by atoms with Gasteiger partial charge in [-0.15, -0.1) is 0 Å². The van der Waals surface area contributed by atoms with Crippen LogP contribution in [0.4, 0.5) is 0 Å². The van der Waals surface area contributed by atoms with E-state index in [1.165, 1.54) is 0 Å². The standard InChI is InChI=1S/C4H6O3S/c5-8(6)4-2-1-3-7-8/h1-2H,3-4H2. The molecule has 0 saturated heterocycles. The maximum Gasteiger partial charge on any atom is 0.271 e. The molecule has 1 heterocycles. The van der Waals surface area contributed by atoms with E-state index in [2.05, 4.69) is 4.18 Å². The van der Waals surface area contributed by atoms with Crippen molar-refractivity contribution < 1.29 is 12.6 Å². The first-order chi connectivity index (χ1) is 3.71. The molecule has 0 N–H and O–H groups in total. The van der Waals surface area contributed by atoms with Crippen LogP contribution < -0.4 is 0 Å². The molecule has 0 spiro atoms. The molecule has 8 heavy (non-hydrogen) atoms. The zero-order valence-corrected chi connectivity index (χ0v) is 5.02. The average Bonchev–Trinajstić information content (AvgIpc) is 1.65. The SMILES string of the molecule is O=S1(=O)CC=CCO1. The zero-order valence-electron chi connectivity index (χ0n) is 4.20. The lowest BCUT2D eigenvalue weighted by Crippen LogP contribution is -2.12. The van der Waals surface area contributed by atoms with Crippen molar-refractivity contribution in [2.24, 2.45) is 0 Å². The lowest BCUT2D eigenvalue weighted by Gasteiger charge is -2.03. The van der Waals surface area contributed by atoms with Gasteiger partial charge in [0.05, 0.1) is 12.4 Å². The van der Waals surface area contributed by atoms with E-state index >= 15 is 0 Å². The normalized spacial score (nSPS) is 25.5. The fraction of sp³-hybridized carbons (Fsp3) is 0.500. The van der Waals surface area contributed by atoms with Gasteiger partial charge in [-0.2, -0.15) is 8.42 Å². The summed E-state index contributed by atoms with van der Waals surface area (Å²) < 4.78 is 25.1. The van der Waals surface area contributed by atoms with Crippen LogP contribution >= 0.6 is 0 Å². The Morgan fingerprint density at radius 2 is 2.12 bits per heavy atom. The molecule has 0 radical (unpaired) electrons. The van der Waals surface area contributed by atoms with Gasteiger partial charge in [0.25, 0.3) is 10.1 Å². The monoisotopic (exact) mass is 134 g/mol. The number of hydrogen-bond acceptors (Lipinski definition) is 3. The fourth-order valence-corrected chi connectivity index (χ4v) is 1.20. The van der Waals surface area contributed by atoms with Crippen molar-refractivity contribution in [2.75, 3.05) is 12.4 Å². The predicted octanol–water partition coefficient (Wildman–Crippen LogP) is -0.0974. The molecule has 46 valence electrons. The van der Waals surface area contributed by atoms with E-state index in [-0.39, 0.29) is 12.4 Å². The Labute approximate surface area is 48.1 Å². The smallest absolute Gasteiger partial charge is 0.266 e. The van der Waals surface area contributed by atoms with Gasteiger partial charge >= 0.3 is 0 Å². The largest absolute Gasteiger partial charge is 0.271 e. The summed E-state index contributed by atoms with van der Waals surface area (Å²) in [7, 11) is -3.17. The molecule has 0 aliphatic carbocycles. The van der Waals surface area contributed by atoms with Crippen LogP contribution in [-0.2, 0) is 14.3 Å². The van der Waals surface area contributed by atoms with E-state index in [0.717, 1.165) is 0 Å². The highest BCUT2D eigenvalue weighted by Gasteiger charge is 2.09. The van der Waals surface area contributed by atoms with Crippen LogP contribution in [0.15, 0.2) is 12.2 Å². The second-order valence-electron chi connectivity index (χ2n) is 1.48. The average molecular weight is 134 g/mol. The molecule has 0 aromatic carbocycles. The van der Waals surface area contributed by atoms with Crippen molar-refractivity contribution in [3.63, 3.8) is 0 Å². The first kappa shape index (κ1) is 5.78. The van der Waals surface area contributed by atoms with Crippen LogP contribution in [-0.4, -0.2) is 20.8 Å². The lowest BCUT2D eigenvalue weighted by molar-refractivity contribution is 0.354. The van der Waals surface area contributed by atoms with Gasteiger partial charge in [0.15, 0.2) is 0 Å². The molecule has 0 amide bonds. The Kier molecular flexibility index (Phi) is 1.35. The summed E-state index contributed by atoms with van der Waals surface area (Å²) in [5.74, 6) is 0.0208. The third-order valence-corrected chi connectivity index (χ3v) is 1.91. The van der Waals surface area contributed by atoms with Crippen molar-refractivity contribution in [2.45, 2.75) is 0 Å². The Balaban J connectivity index is 2.79. The second-order valence-corrected chi connectivity index (χ2v) is 3.16. The number of rotatable bonds is 0. The van der Waals surface area contributed by atoms with E-state index in [1.54, 1.807) is 12.2 Å². The van der Waals surface area contributed by atoms with E-state index in [1.807, 2.05) is 0 Å². The van der Waals surface area contributed by atoms with Crippen LogP contribution in [0, 0.1) is 0 Å². The molecule has 1 rings (SSSR count). The van der Waals surface area contributed by atoms with E-state index in [4.69, 9.17) is 0 Å². The van der Waals surface area contributed by atoms with Gasteiger partial charge in [-0.25, -0.2) is 0 Å². The minimum atomic E-state index is -3.17. The molecule has 1 aliphatic heterocycles. The summed E-state index contributed by atoms with van der Waals surface area (Å²) in [6, 6.07) is 0. The Bertz CT molecular complexity index is 189. The minimum absolute atomic E-state index is 0.0208. The topological polar surface area (TPSA) is 43.4 Å². The van der Waals surface area contributed by atoms with Crippen LogP contribution in [0.2, 0.25) is 0 Å². The molecule has 0 aromatic rings. The Hall–Kier alpha value is -0.350. The molecule has 4 heteroatoms. The third kappa shape index (κ3) is 1.31. The summed E-state index contributed by atoms with van der Waals surface area (Å²) >= 11 is 0. The van der Waals surface area contributed by atoms with Gasteiger partial charge in [-0.3, -0.25) is 4.18 Å². The molecule has 0 unspecified atom stereocenters. The zero-order chi connectivity index (χ0) is 6.04. The predicted molar refractivity (Wildman–Crippen MR) is 28.9 cm³/mol. The Morgan fingerprint density at radius 3 is 2.38 bits per heavy atom. The van der Waals surface area contributed by atoms with Crippen LogP contribution in [0.1, 0.15) is 0 Å². The van der Waals surface area contributed by atoms with E-state index in [0.29, 0.717) is 0 Å². The van der Waals surface area contributed by atoms with Gasteiger partial charge in [0, 0.05) is 0 Å². The maximum absolute atomic E-state index is 10.4. The quantitative estimate of drug-likeness (QED) is 0.343. The van der Waals surface area contributed by atoms with Crippen LogP contribution in [0.25, 0.3) is 0 Å². The van der Waals surface area contributed by atoms with Crippen molar-refractivity contribution in [1.82, 2.24) is 0 Å². The molecule has 0 saturated carbocycles. The lowest BCUT2D eigenvalue weighted by atomic mass is 10.6. The minimum Gasteiger partial charge on any atom is -0.266 e. The molecular weight excluding hydrogens is 128 g/mol. The van der Waals surface area contributed by atoms with Crippen LogP contribution in [0.5, 0.6) is 0 Å². The number of hydrogen-bond donors (Lipinski definition) is 0. The first-order valence-corrected chi connectivity index (χ1v) is 3.80. The highest BCUT2D eigenvalue weighted by atomic mass is 32.2. The molecular formula is C4H6O3S. The second kappa shape index (κ2) is 1.87. The van der Waals surface area contributed by atoms with Crippen molar-refractivity contribution in [3.05, 3.63) is 12.2 Å². The van der Waals surface area contributed by atoms with E-state index < -0.39 is 10.1 Å². The highest BCUT2D eigenvalue weighted by Crippen LogP contribution is 1.99. The maximum atomic E-state index is 10.4. The van der Waals surface area contributed by atoms with Crippen molar-refractivity contribution >= 4 is 10.1 Å². The summed E-state index contributed by atoms with van der Waals surface area (Å²) in [5.41, 5.74) is 0. The van der Waals surface area contributed by atoms with Crippen molar-refractivity contribution in [1.29, 1.82) is 0 Å². The highest BCUT2D eigenvalue weighted by molar-refractivity contribution is 7.86. The molecule has 0 bridgehead atoms. The Morgan fingerprint density at radius 1 is 1.38 bits per heavy atom. The summed E-state index contributed by atoms with van der Waals surface area (Å²) in [5, 5.41) is 0. The molecule has 0 atom stereocenters. The first-order valence-electron chi connectivity index (χ1n) is 2.23. The third-order valence-electron chi connectivity index (χ3n) is 0.811. The van der Waals surface area contributed by atoms with Gasteiger partial charge in [-0.1, -0.05) is 12.2 Å². The fourth-order valence-electron chi connectivity index (χ4n) is 0.445. The molecule has 0 fully saturated rings.